The molecule has 2 heterocycles. The SMILES string of the molecule is CCc1cnc(C(C)NC(=O)c2sc(N(C)C)nc2N)s1. The van der Waals surface area contributed by atoms with Crippen molar-refractivity contribution in [3.8, 4) is 0 Å². The number of carbonyl (C=O) groups excluding carboxylic acids is 1. The minimum absolute atomic E-state index is 0.146. The molecular formula is C13H19N5OS2. The molecule has 0 aliphatic rings. The Morgan fingerprint density at radius 1 is 1.48 bits per heavy atom. The van der Waals surface area contributed by atoms with Crippen LogP contribution in [0.3, 0.4) is 0 Å². The number of nitrogen functional groups attached to an aromatic ring is 1. The summed E-state index contributed by atoms with van der Waals surface area (Å²) in [5.41, 5.74) is 5.82. The molecule has 0 aliphatic heterocycles. The van der Waals surface area contributed by atoms with Crippen LogP contribution in [0.5, 0.6) is 0 Å². The largest absolute Gasteiger partial charge is 0.382 e. The molecule has 2 aromatic rings. The predicted octanol–water partition coefficient (Wildman–Crippen LogP) is 2.30. The van der Waals surface area contributed by atoms with Crippen LogP contribution < -0.4 is 16.0 Å². The quantitative estimate of drug-likeness (QED) is 0.881. The number of anilines is 2. The molecule has 0 bridgehead atoms. The molecule has 2 rings (SSSR count). The summed E-state index contributed by atoms with van der Waals surface area (Å²) in [5, 5.41) is 4.54. The smallest absolute Gasteiger partial charge is 0.265 e. The van der Waals surface area contributed by atoms with E-state index in [4.69, 9.17) is 5.73 Å². The molecule has 8 heteroatoms. The van der Waals surface area contributed by atoms with Gasteiger partial charge in [0.05, 0.1) is 6.04 Å². The highest BCUT2D eigenvalue weighted by molar-refractivity contribution is 7.18. The average molecular weight is 325 g/mol. The fourth-order valence-electron chi connectivity index (χ4n) is 1.68. The van der Waals surface area contributed by atoms with E-state index in [1.807, 2.05) is 32.1 Å². The Bertz CT molecular complexity index is 634. The summed E-state index contributed by atoms with van der Waals surface area (Å²) in [7, 11) is 3.73. The van der Waals surface area contributed by atoms with E-state index in [0.717, 1.165) is 11.4 Å². The van der Waals surface area contributed by atoms with Crippen molar-refractivity contribution >= 4 is 39.5 Å². The molecule has 0 fully saturated rings. The molecule has 0 saturated heterocycles. The Morgan fingerprint density at radius 3 is 2.71 bits per heavy atom. The van der Waals surface area contributed by atoms with Crippen molar-refractivity contribution in [2.75, 3.05) is 24.7 Å². The number of amides is 1. The van der Waals surface area contributed by atoms with Gasteiger partial charge in [-0.2, -0.15) is 0 Å². The Balaban J connectivity index is 2.10. The van der Waals surface area contributed by atoms with Crippen molar-refractivity contribution in [3.63, 3.8) is 0 Å². The lowest BCUT2D eigenvalue weighted by Gasteiger charge is -2.10. The molecule has 2 aromatic heterocycles. The van der Waals surface area contributed by atoms with Gasteiger partial charge in [0, 0.05) is 25.2 Å². The van der Waals surface area contributed by atoms with E-state index >= 15 is 0 Å². The van der Waals surface area contributed by atoms with Gasteiger partial charge in [0.25, 0.3) is 5.91 Å². The number of nitrogens with one attached hydrogen (secondary N) is 1. The Morgan fingerprint density at radius 2 is 2.19 bits per heavy atom. The van der Waals surface area contributed by atoms with E-state index in [1.165, 1.54) is 16.2 Å². The van der Waals surface area contributed by atoms with Gasteiger partial charge in [-0.25, -0.2) is 9.97 Å². The van der Waals surface area contributed by atoms with Gasteiger partial charge in [-0.1, -0.05) is 18.3 Å². The van der Waals surface area contributed by atoms with Crippen LogP contribution in [0.4, 0.5) is 10.9 Å². The molecule has 0 spiro atoms. The molecule has 21 heavy (non-hydrogen) atoms. The van der Waals surface area contributed by atoms with E-state index in [2.05, 4.69) is 22.2 Å². The van der Waals surface area contributed by atoms with Gasteiger partial charge in [-0.05, 0) is 13.3 Å². The molecule has 1 atom stereocenters. The summed E-state index contributed by atoms with van der Waals surface area (Å²) in [4.78, 5) is 24.3. The van der Waals surface area contributed by atoms with Gasteiger partial charge in [0.1, 0.15) is 15.7 Å². The van der Waals surface area contributed by atoms with E-state index in [9.17, 15) is 4.79 Å². The third-order valence-corrected chi connectivity index (χ3v) is 5.43. The van der Waals surface area contributed by atoms with E-state index in [1.54, 1.807) is 11.3 Å². The summed E-state index contributed by atoms with van der Waals surface area (Å²) in [6.45, 7) is 4.00. The summed E-state index contributed by atoms with van der Waals surface area (Å²) in [5.74, 6) is 0.0561. The Hall–Kier alpha value is -1.67. The number of thiazole rings is 2. The highest BCUT2D eigenvalue weighted by atomic mass is 32.1. The predicted molar refractivity (Wildman–Crippen MR) is 88.2 cm³/mol. The molecule has 0 aliphatic carbocycles. The van der Waals surface area contributed by atoms with Crippen LogP contribution in [0, 0.1) is 0 Å². The van der Waals surface area contributed by atoms with Crippen LogP contribution in [-0.4, -0.2) is 30.0 Å². The third-order valence-electron chi connectivity index (χ3n) is 2.87. The second kappa shape index (κ2) is 6.40. The molecule has 0 aromatic carbocycles. The van der Waals surface area contributed by atoms with E-state index in [-0.39, 0.29) is 17.8 Å². The van der Waals surface area contributed by atoms with Crippen LogP contribution in [0.1, 0.15) is 39.4 Å². The molecule has 1 amide bonds. The standard InChI is InChI=1S/C13H19N5OS2/c1-5-8-6-15-12(20-8)7(2)16-11(19)9-10(14)17-13(21-9)18(3)4/h6-7H,5,14H2,1-4H3,(H,16,19). The van der Waals surface area contributed by atoms with Crippen LogP contribution in [-0.2, 0) is 6.42 Å². The van der Waals surface area contributed by atoms with Crippen molar-refractivity contribution < 1.29 is 4.79 Å². The van der Waals surface area contributed by atoms with Crippen molar-refractivity contribution in [1.82, 2.24) is 15.3 Å². The van der Waals surface area contributed by atoms with Gasteiger partial charge in [0.15, 0.2) is 5.13 Å². The maximum absolute atomic E-state index is 12.3. The summed E-state index contributed by atoms with van der Waals surface area (Å²) in [6.07, 6.45) is 2.81. The first-order valence-electron chi connectivity index (χ1n) is 6.61. The number of aromatic nitrogens is 2. The van der Waals surface area contributed by atoms with Gasteiger partial charge in [-0.15, -0.1) is 11.3 Å². The maximum atomic E-state index is 12.3. The molecular weight excluding hydrogens is 306 g/mol. The Kier molecular flexibility index (Phi) is 4.79. The number of carbonyl (C=O) groups is 1. The highest BCUT2D eigenvalue weighted by Crippen LogP contribution is 2.27. The zero-order valence-electron chi connectivity index (χ0n) is 12.5. The number of hydrogen-bond donors (Lipinski definition) is 2. The zero-order chi connectivity index (χ0) is 15.6. The monoisotopic (exact) mass is 325 g/mol. The van der Waals surface area contributed by atoms with Gasteiger partial charge in [0.2, 0.25) is 0 Å². The first-order chi connectivity index (χ1) is 9.92. The fourth-order valence-corrected chi connectivity index (χ4v) is 3.35. The first kappa shape index (κ1) is 15.7. The van der Waals surface area contributed by atoms with Crippen LogP contribution in [0.25, 0.3) is 0 Å². The summed E-state index contributed by atoms with van der Waals surface area (Å²) in [6, 6.07) is -0.146. The molecule has 114 valence electrons. The lowest BCUT2D eigenvalue weighted by Crippen LogP contribution is -2.26. The highest BCUT2D eigenvalue weighted by Gasteiger charge is 2.20. The topological polar surface area (TPSA) is 84.1 Å². The van der Waals surface area contributed by atoms with Gasteiger partial charge in [-0.3, -0.25) is 4.79 Å². The van der Waals surface area contributed by atoms with Crippen molar-refractivity contribution in [2.24, 2.45) is 0 Å². The second-order valence-corrected chi connectivity index (χ2v) is 6.94. The van der Waals surface area contributed by atoms with E-state index in [0.29, 0.717) is 10.0 Å². The lowest BCUT2D eigenvalue weighted by molar-refractivity contribution is 0.0944. The number of hydrogen-bond acceptors (Lipinski definition) is 7. The minimum atomic E-state index is -0.209. The van der Waals surface area contributed by atoms with Crippen molar-refractivity contribution in [2.45, 2.75) is 26.3 Å². The molecule has 0 saturated carbocycles. The number of aryl methyl sites for hydroxylation is 1. The number of rotatable bonds is 5. The van der Waals surface area contributed by atoms with Crippen LogP contribution >= 0.6 is 22.7 Å². The van der Waals surface area contributed by atoms with E-state index < -0.39 is 0 Å². The van der Waals surface area contributed by atoms with Crippen LogP contribution in [0.15, 0.2) is 6.20 Å². The van der Waals surface area contributed by atoms with Crippen molar-refractivity contribution in [3.05, 3.63) is 21.0 Å². The maximum Gasteiger partial charge on any atom is 0.265 e. The second-order valence-electron chi connectivity index (χ2n) is 4.82. The van der Waals surface area contributed by atoms with Gasteiger partial charge < -0.3 is 16.0 Å². The minimum Gasteiger partial charge on any atom is -0.382 e. The average Bonchev–Trinajstić information content (AvgIpc) is 3.04. The summed E-state index contributed by atoms with van der Waals surface area (Å²) < 4.78 is 0. The molecule has 3 N–H and O–H groups in total. The molecule has 1 unspecified atom stereocenters. The molecule has 6 nitrogen and oxygen atoms in total. The summed E-state index contributed by atoms with van der Waals surface area (Å²) >= 11 is 2.90. The number of nitrogens with two attached hydrogens (primary N) is 1. The normalized spacial score (nSPS) is 12.2. The van der Waals surface area contributed by atoms with Crippen LogP contribution in [0.2, 0.25) is 0 Å². The van der Waals surface area contributed by atoms with Gasteiger partial charge >= 0.3 is 0 Å². The van der Waals surface area contributed by atoms with Crippen molar-refractivity contribution in [1.29, 1.82) is 0 Å². The zero-order valence-corrected chi connectivity index (χ0v) is 14.1. The number of nitrogens with zero attached hydrogens (tertiary/aromatic N) is 3. The fraction of sp³-hybridized carbons (Fsp3) is 0.462. The Labute approximate surface area is 132 Å². The third kappa shape index (κ3) is 3.51. The lowest BCUT2D eigenvalue weighted by atomic mass is 10.3. The molecule has 0 radical (unpaired) electrons. The first-order valence-corrected chi connectivity index (χ1v) is 8.24.